The molecule has 0 spiro atoms. The number of carbonyl (C=O) groups excluding carboxylic acids is 2. The highest BCUT2D eigenvalue weighted by molar-refractivity contribution is 5.94. The molecule has 9 heteroatoms. The summed E-state index contributed by atoms with van der Waals surface area (Å²) in [5.74, 6) is -0.764. The first kappa shape index (κ1) is 20.5. The SMILES string of the molecule is CCOC(=O)N1CCC(NC(N)=NCCNC(=O)c2ccccc2F)CC1. The molecule has 4 N–H and O–H groups in total. The van der Waals surface area contributed by atoms with E-state index in [0.717, 1.165) is 12.8 Å². The molecular formula is C18H26FN5O3. The Morgan fingerprint density at radius 2 is 2.04 bits per heavy atom. The third kappa shape index (κ3) is 6.43. The van der Waals surface area contributed by atoms with Gasteiger partial charge in [0.2, 0.25) is 0 Å². The number of ether oxygens (including phenoxy) is 1. The fourth-order valence-corrected chi connectivity index (χ4v) is 2.76. The fraction of sp³-hybridized carbons (Fsp3) is 0.500. The summed E-state index contributed by atoms with van der Waals surface area (Å²) in [5, 5.41) is 5.72. The fourth-order valence-electron chi connectivity index (χ4n) is 2.76. The van der Waals surface area contributed by atoms with E-state index in [2.05, 4.69) is 15.6 Å². The van der Waals surface area contributed by atoms with Crippen LogP contribution in [0.15, 0.2) is 29.3 Å². The summed E-state index contributed by atoms with van der Waals surface area (Å²) in [4.78, 5) is 29.4. The van der Waals surface area contributed by atoms with Crippen LogP contribution >= 0.6 is 0 Å². The summed E-state index contributed by atoms with van der Waals surface area (Å²) >= 11 is 0. The first-order chi connectivity index (χ1) is 13.0. The van der Waals surface area contributed by atoms with Crippen molar-refractivity contribution in [3.05, 3.63) is 35.6 Å². The zero-order chi connectivity index (χ0) is 19.6. The second kappa shape index (κ2) is 10.3. The summed E-state index contributed by atoms with van der Waals surface area (Å²) in [6.45, 7) is 3.87. The maximum atomic E-state index is 13.5. The van der Waals surface area contributed by atoms with Crippen LogP contribution in [0.3, 0.4) is 0 Å². The quantitative estimate of drug-likeness (QED) is 0.389. The van der Waals surface area contributed by atoms with Crippen molar-refractivity contribution in [2.45, 2.75) is 25.8 Å². The molecule has 148 valence electrons. The molecule has 0 bridgehead atoms. The van der Waals surface area contributed by atoms with Gasteiger partial charge in [0.15, 0.2) is 5.96 Å². The van der Waals surface area contributed by atoms with Gasteiger partial charge in [-0.3, -0.25) is 9.79 Å². The number of benzene rings is 1. The van der Waals surface area contributed by atoms with Gasteiger partial charge in [-0.2, -0.15) is 0 Å². The Morgan fingerprint density at radius 1 is 1.33 bits per heavy atom. The lowest BCUT2D eigenvalue weighted by molar-refractivity contribution is 0.0946. The standard InChI is InChI=1S/C18H26FN5O3/c1-2-27-18(26)24-11-7-13(8-12-24)23-17(20)22-10-9-21-16(25)14-5-3-4-6-15(14)19/h3-6,13H,2,7-12H2,1H3,(H,21,25)(H3,20,22,23). The van der Waals surface area contributed by atoms with Gasteiger partial charge in [0.05, 0.1) is 18.7 Å². The average molecular weight is 379 g/mol. The predicted octanol–water partition coefficient (Wildman–Crippen LogP) is 1.08. The Bertz CT molecular complexity index is 675. The van der Waals surface area contributed by atoms with E-state index >= 15 is 0 Å². The molecule has 1 saturated heterocycles. The van der Waals surface area contributed by atoms with Crippen LogP contribution in [0.1, 0.15) is 30.1 Å². The number of halogens is 1. The van der Waals surface area contributed by atoms with Gasteiger partial charge in [-0.25, -0.2) is 9.18 Å². The minimum absolute atomic E-state index is 0.000867. The van der Waals surface area contributed by atoms with Crippen molar-refractivity contribution >= 4 is 18.0 Å². The summed E-state index contributed by atoms with van der Waals surface area (Å²) in [7, 11) is 0. The zero-order valence-electron chi connectivity index (χ0n) is 15.4. The van der Waals surface area contributed by atoms with Crippen molar-refractivity contribution in [2.75, 3.05) is 32.8 Å². The monoisotopic (exact) mass is 379 g/mol. The van der Waals surface area contributed by atoms with Crippen molar-refractivity contribution in [3.63, 3.8) is 0 Å². The lowest BCUT2D eigenvalue weighted by atomic mass is 10.1. The van der Waals surface area contributed by atoms with Crippen molar-refractivity contribution in [2.24, 2.45) is 10.7 Å². The molecule has 0 aliphatic carbocycles. The minimum Gasteiger partial charge on any atom is -0.450 e. The van der Waals surface area contributed by atoms with Crippen molar-refractivity contribution in [3.8, 4) is 0 Å². The van der Waals surface area contributed by atoms with E-state index in [4.69, 9.17) is 10.5 Å². The molecule has 0 radical (unpaired) electrons. The van der Waals surface area contributed by atoms with Gasteiger partial charge in [0.1, 0.15) is 5.82 Å². The summed E-state index contributed by atoms with van der Waals surface area (Å²) in [5.41, 5.74) is 5.86. The second-order valence-corrected chi connectivity index (χ2v) is 6.11. The lowest BCUT2D eigenvalue weighted by Crippen LogP contribution is -2.48. The van der Waals surface area contributed by atoms with E-state index in [9.17, 15) is 14.0 Å². The molecule has 8 nitrogen and oxygen atoms in total. The van der Waals surface area contributed by atoms with Gasteiger partial charge in [-0.1, -0.05) is 12.1 Å². The lowest BCUT2D eigenvalue weighted by Gasteiger charge is -2.31. The van der Waals surface area contributed by atoms with Gasteiger partial charge >= 0.3 is 6.09 Å². The molecule has 2 rings (SSSR count). The smallest absolute Gasteiger partial charge is 0.409 e. The number of nitrogens with two attached hydrogens (primary N) is 1. The van der Waals surface area contributed by atoms with Crippen LogP contribution < -0.4 is 16.4 Å². The molecule has 2 amide bonds. The Hall–Kier alpha value is -2.84. The molecule has 0 unspecified atom stereocenters. The summed E-state index contributed by atoms with van der Waals surface area (Å²) in [6, 6.07) is 5.92. The molecule has 1 aromatic rings. The molecule has 27 heavy (non-hydrogen) atoms. The van der Waals surface area contributed by atoms with Crippen LogP contribution in [0.4, 0.5) is 9.18 Å². The third-order valence-corrected chi connectivity index (χ3v) is 4.17. The number of hydrogen-bond donors (Lipinski definition) is 3. The first-order valence-electron chi connectivity index (χ1n) is 9.02. The van der Waals surface area contributed by atoms with E-state index in [1.165, 1.54) is 18.2 Å². The molecule has 1 aromatic carbocycles. The van der Waals surface area contributed by atoms with Crippen LogP contribution in [0.2, 0.25) is 0 Å². The zero-order valence-corrected chi connectivity index (χ0v) is 15.4. The van der Waals surface area contributed by atoms with Crippen LogP contribution in [0, 0.1) is 5.82 Å². The molecular weight excluding hydrogens is 353 g/mol. The van der Waals surface area contributed by atoms with Gasteiger partial charge in [-0.15, -0.1) is 0 Å². The molecule has 0 aromatic heterocycles. The number of nitrogens with zero attached hydrogens (tertiary/aromatic N) is 2. The van der Waals surface area contributed by atoms with E-state index in [-0.39, 0.29) is 36.7 Å². The third-order valence-electron chi connectivity index (χ3n) is 4.17. The van der Waals surface area contributed by atoms with Gasteiger partial charge in [-0.05, 0) is 31.9 Å². The number of hydrogen-bond acceptors (Lipinski definition) is 4. The number of piperidine rings is 1. The van der Waals surface area contributed by atoms with Gasteiger partial charge in [0, 0.05) is 25.7 Å². The molecule has 0 atom stereocenters. The van der Waals surface area contributed by atoms with Crippen molar-refractivity contribution < 1.29 is 18.7 Å². The Balaban J connectivity index is 1.67. The van der Waals surface area contributed by atoms with Crippen LogP contribution in [-0.2, 0) is 4.74 Å². The number of nitrogens with one attached hydrogen (secondary N) is 2. The maximum Gasteiger partial charge on any atom is 0.409 e. The Labute approximate surface area is 158 Å². The van der Waals surface area contributed by atoms with E-state index < -0.39 is 11.7 Å². The number of aliphatic imine (C=N–C) groups is 1. The highest BCUT2D eigenvalue weighted by atomic mass is 19.1. The summed E-state index contributed by atoms with van der Waals surface area (Å²) < 4.78 is 18.5. The molecule has 0 saturated carbocycles. The number of rotatable bonds is 6. The topological polar surface area (TPSA) is 109 Å². The minimum atomic E-state index is -0.561. The van der Waals surface area contributed by atoms with Crippen LogP contribution in [-0.4, -0.2) is 61.7 Å². The number of amides is 2. The Kier molecular flexibility index (Phi) is 7.84. The number of likely N-dealkylation sites (tertiary alicyclic amines) is 1. The number of guanidine groups is 1. The van der Waals surface area contributed by atoms with Crippen LogP contribution in [0.5, 0.6) is 0 Å². The van der Waals surface area contributed by atoms with Gasteiger partial charge < -0.3 is 26.0 Å². The predicted molar refractivity (Wildman–Crippen MR) is 100.0 cm³/mol. The van der Waals surface area contributed by atoms with E-state index in [1.54, 1.807) is 17.9 Å². The molecule has 1 fully saturated rings. The first-order valence-corrected chi connectivity index (χ1v) is 9.02. The normalized spacial score (nSPS) is 15.3. The molecule has 1 aliphatic rings. The molecule has 1 heterocycles. The molecule has 1 aliphatic heterocycles. The van der Waals surface area contributed by atoms with Crippen LogP contribution in [0.25, 0.3) is 0 Å². The average Bonchev–Trinajstić information content (AvgIpc) is 2.66. The summed E-state index contributed by atoms with van der Waals surface area (Å²) in [6.07, 6.45) is 1.21. The van der Waals surface area contributed by atoms with E-state index in [1.807, 2.05) is 0 Å². The maximum absolute atomic E-state index is 13.5. The highest BCUT2D eigenvalue weighted by Crippen LogP contribution is 2.11. The van der Waals surface area contributed by atoms with Crippen molar-refractivity contribution in [1.29, 1.82) is 0 Å². The van der Waals surface area contributed by atoms with Crippen molar-refractivity contribution in [1.82, 2.24) is 15.5 Å². The second-order valence-electron chi connectivity index (χ2n) is 6.11. The Morgan fingerprint density at radius 3 is 2.70 bits per heavy atom. The highest BCUT2D eigenvalue weighted by Gasteiger charge is 2.23. The van der Waals surface area contributed by atoms with Gasteiger partial charge in [0.25, 0.3) is 5.91 Å². The largest absolute Gasteiger partial charge is 0.450 e. The van der Waals surface area contributed by atoms with E-state index in [0.29, 0.717) is 19.7 Å². The number of carbonyl (C=O) groups is 2.